The fourth-order valence-electron chi connectivity index (χ4n) is 1.65. The minimum absolute atomic E-state index is 0.110. The number of nitrogens with two attached hydrogens (primary N) is 1. The molecule has 2 aromatic carbocycles. The Balaban J connectivity index is 2.44. The summed E-state index contributed by atoms with van der Waals surface area (Å²) in [7, 11) is 0. The van der Waals surface area contributed by atoms with Crippen LogP contribution in [0.2, 0.25) is 0 Å². The Hall–Kier alpha value is -1.88. The largest absolute Gasteiger partial charge is 0.320 e. The highest BCUT2D eigenvalue weighted by molar-refractivity contribution is 5.33. The van der Waals surface area contributed by atoms with Crippen LogP contribution in [-0.2, 0) is 0 Å². The van der Waals surface area contributed by atoms with E-state index in [0.717, 1.165) is 18.2 Å². The van der Waals surface area contributed by atoms with Gasteiger partial charge < -0.3 is 5.73 Å². The number of hydrogen-bond acceptors (Lipinski definition) is 1. The predicted molar refractivity (Wildman–Crippen MR) is 58.7 cm³/mol. The minimum atomic E-state index is -1.09. The maximum absolute atomic E-state index is 13.5. The van der Waals surface area contributed by atoms with Crippen LogP contribution in [0.3, 0.4) is 0 Å². The summed E-state index contributed by atoms with van der Waals surface area (Å²) in [6, 6.07) is 5.48. The molecular weight excluding hydrogens is 246 g/mol. The zero-order chi connectivity index (χ0) is 13.3. The Kier molecular flexibility index (Phi) is 3.34. The van der Waals surface area contributed by atoms with E-state index in [0.29, 0.717) is 0 Å². The molecule has 0 saturated heterocycles. The van der Waals surface area contributed by atoms with Crippen LogP contribution in [0.15, 0.2) is 36.4 Å². The molecule has 94 valence electrons. The summed E-state index contributed by atoms with van der Waals surface area (Å²) in [5, 5.41) is 0. The lowest BCUT2D eigenvalue weighted by Crippen LogP contribution is -2.14. The van der Waals surface area contributed by atoms with Crippen molar-refractivity contribution in [3.05, 3.63) is 70.8 Å². The normalized spacial score (nSPS) is 12.5. The van der Waals surface area contributed by atoms with Crippen LogP contribution in [0, 0.1) is 23.3 Å². The standard InChI is InChI=1S/C13H9F4N/c14-9-5-4-7(6-11(9)16)13(18)8-2-1-3-10(15)12(8)17/h1-6,13H,18H2. The van der Waals surface area contributed by atoms with Crippen LogP contribution in [0.1, 0.15) is 17.2 Å². The highest BCUT2D eigenvalue weighted by Gasteiger charge is 2.17. The van der Waals surface area contributed by atoms with Gasteiger partial charge in [0.2, 0.25) is 0 Å². The molecule has 1 unspecified atom stereocenters. The van der Waals surface area contributed by atoms with E-state index < -0.39 is 29.3 Å². The van der Waals surface area contributed by atoms with Crippen molar-refractivity contribution in [2.75, 3.05) is 0 Å². The van der Waals surface area contributed by atoms with Gasteiger partial charge in [-0.05, 0) is 23.8 Å². The van der Waals surface area contributed by atoms with Crippen molar-refractivity contribution in [3.8, 4) is 0 Å². The molecule has 5 heteroatoms. The third-order valence-corrected chi connectivity index (χ3v) is 2.62. The zero-order valence-electron chi connectivity index (χ0n) is 9.13. The average molecular weight is 255 g/mol. The van der Waals surface area contributed by atoms with Gasteiger partial charge in [0, 0.05) is 5.56 Å². The Morgan fingerprint density at radius 2 is 1.56 bits per heavy atom. The van der Waals surface area contributed by atoms with Crippen LogP contribution in [0.4, 0.5) is 17.6 Å². The number of hydrogen-bond donors (Lipinski definition) is 1. The first-order valence-electron chi connectivity index (χ1n) is 5.15. The quantitative estimate of drug-likeness (QED) is 0.819. The van der Waals surface area contributed by atoms with E-state index in [1.165, 1.54) is 18.2 Å². The van der Waals surface area contributed by atoms with Crippen molar-refractivity contribution in [1.29, 1.82) is 0 Å². The highest BCUT2D eigenvalue weighted by Crippen LogP contribution is 2.24. The van der Waals surface area contributed by atoms with Gasteiger partial charge in [-0.1, -0.05) is 18.2 Å². The fourth-order valence-corrected chi connectivity index (χ4v) is 1.65. The molecule has 1 nitrogen and oxygen atoms in total. The van der Waals surface area contributed by atoms with Crippen LogP contribution in [0.25, 0.3) is 0 Å². The first-order valence-corrected chi connectivity index (χ1v) is 5.15. The molecule has 0 radical (unpaired) electrons. The SMILES string of the molecule is NC(c1ccc(F)c(F)c1)c1cccc(F)c1F. The van der Waals surface area contributed by atoms with E-state index in [1.807, 2.05) is 0 Å². The van der Waals surface area contributed by atoms with Gasteiger partial charge in [-0.25, -0.2) is 17.6 Å². The van der Waals surface area contributed by atoms with Gasteiger partial charge in [-0.2, -0.15) is 0 Å². The first-order chi connectivity index (χ1) is 8.50. The van der Waals surface area contributed by atoms with Crippen LogP contribution < -0.4 is 5.73 Å². The first kappa shape index (κ1) is 12.6. The van der Waals surface area contributed by atoms with E-state index in [2.05, 4.69) is 0 Å². The molecule has 0 aliphatic carbocycles. The Labute approximate surface area is 101 Å². The van der Waals surface area contributed by atoms with Gasteiger partial charge in [-0.3, -0.25) is 0 Å². The molecule has 0 spiro atoms. The molecule has 0 heterocycles. The highest BCUT2D eigenvalue weighted by atomic mass is 19.2. The summed E-state index contributed by atoms with van der Waals surface area (Å²) in [5.41, 5.74) is 5.76. The second-order valence-electron chi connectivity index (χ2n) is 3.79. The van der Waals surface area contributed by atoms with Crippen LogP contribution in [0.5, 0.6) is 0 Å². The second kappa shape index (κ2) is 4.78. The van der Waals surface area contributed by atoms with Crippen molar-refractivity contribution < 1.29 is 17.6 Å². The summed E-state index contributed by atoms with van der Waals surface area (Å²) in [6.07, 6.45) is 0. The summed E-state index contributed by atoms with van der Waals surface area (Å²) in [5.74, 6) is -4.23. The lowest BCUT2D eigenvalue weighted by Gasteiger charge is -2.14. The van der Waals surface area contributed by atoms with Crippen molar-refractivity contribution in [2.24, 2.45) is 5.73 Å². The van der Waals surface area contributed by atoms with Gasteiger partial charge in [0.1, 0.15) is 0 Å². The second-order valence-corrected chi connectivity index (χ2v) is 3.79. The molecule has 0 amide bonds. The maximum atomic E-state index is 13.5. The summed E-state index contributed by atoms with van der Waals surface area (Å²) < 4.78 is 52.3. The molecule has 18 heavy (non-hydrogen) atoms. The summed E-state index contributed by atoms with van der Waals surface area (Å²) in [4.78, 5) is 0. The van der Waals surface area contributed by atoms with Crippen molar-refractivity contribution in [2.45, 2.75) is 6.04 Å². The smallest absolute Gasteiger partial charge is 0.163 e. The van der Waals surface area contributed by atoms with Crippen molar-refractivity contribution in [1.82, 2.24) is 0 Å². The molecule has 0 aliphatic rings. The Morgan fingerprint density at radius 1 is 0.833 bits per heavy atom. The van der Waals surface area contributed by atoms with Crippen LogP contribution in [-0.4, -0.2) is 0 Å². The Morgan fingerprint density at radius 3 is 2.22 bits per heavy atom. The van der Waals surface area contributed by atoms with E-state index in [9.17, 15) is 17.6 Å². The fraction of sp³-hybridized carbons (Fsp3) is 0.0769. The van der Waals surface area contributed by atoms with E-state index in [1.54, 1.807) is 0 Å². The monoisotopic (exact) mass is 255 g/mol. The van der Waals surface area contributed by atoms with Crippen LogP contribution >= 0.6 is 0 Å². The summed E-state index contributed by atoms with van der Waals surface area (Å²) in [6.45, 7) is 0. The lowest BCUT2D eigenvalue weighted by atomic mass is 9.99. The van der Waals surface area contributed by atoms with Gasteiger partial charge in [-0.15, -0.1) is 0 Å². The molecule has 0 saturated carbocycles. The molecule has 0 bridgehead atoms. The third-order valence-electron chi connectivity index (χ3n) is 2.62. The minimum Gasteiger partial charge on any atom is -0.320 e. The molecule has 2 aromatic rings. The predicted octanol–water partition coefficient (Wildman–Crippen LogP) is 3.29. The lowest BCUT2D eigenvalue weighted by molar-refractivity contribution is 0.492. The zero-order valence-corrected chi connectivity index (χ0v) is 9.13. The van der Waals surface area contributed by atoms with E-state index in [4.69, 9.17) is 5.73 Å². The number of rotatable bonds is 2. The topological polar surface area (TPSA) is 26.0 Å². The Bertz CT molecular complexity index is 583. The van der Waals surface area contributed by atoms with E-state index >= 15 is 0 Å². The van der Waals surface area contributed by atoms with Crippen molar-refractivity contribution in [3.63, 3.8) is 0 Å². The van der Waals surface area contributed by atoms with Crippen molar-refractivity contribution >= 4 is 0 Å². The molecular formula is C13H9F4N. The van der Waals surface area contributed by atoms with Gasteiger partial charge >= 0.3 is 0 Å². The molecule has 2 rings (SSSR count). The van der Waals surface area contributed by atoms with E-state index in [-0.39, 0.29) is 11.1 Å². The molecule has 1 atom stereocenters. The average Bonchev–Trinajstić information content (AvgIpc) is 2.35. The maximum Gasteiger partial charge on any atom is 0.163 e. The molecule has 2 N–H and O–H groups in total. The molecule has 0 aliphatic heterocycles. The van der Waals surface area contributed by atoms with Gasteiger partial charge in [0.05, 0.1) is 6.04 Å². The number of halogens is 4. The molecule has 0 aromatic heterocycles. The summed E-state index contributed by atoms with van der Waals surface area (Å²) >= 11 is 0. The third kappa shape index (κ3) is 2.22. The van der Waals surface area contributed by atoms with Gasteiger partial charge in [0.25, 0.3) is 0 Å². The molecule has 0 fully saturated rings. The number of benzene rings is 2. The van der Waals surface area contributed by atoms with Gasteiger partial charge in [0.15, 0.2) is 23.3 Å².